The van der Waals surface area contributed by atoms with Gasteiger partial charge < -0.3 is 4.52 Å². The van der Waals surface area contributed by atoms with E-state index in [2.05, 4.69) is 13.8 Å². The topological polar surface area (TPSA) is 26.3 Å². The molecule has 3 heteroatoms. The van der Waals surface area contributed by atoms with Gasteiger partial charge in [0.05, 0.1) is 0 Å². The molecule has 0 heterocycles. The lowest BCUT2D eigenvalue weighted by atomic mass is 10.4. The van der Waals surface area contributed by atoms with E-state index >= 15 is 0 Å². The second kappa shape index (κ2) is 6.68. The Morgan fingerprint density at radius 1 is 1.08 bits per heavy atom. The minimum absolute atomic E-state index is 0.764. The zero-order valence-corrected chi connectivity index (χ0v) is 9.40. The zero-order valence-electron chi connectivity index (χ0n) is 8.51. The van der Waals surface area contributed by atoms with Crippen LogP contribution < -0.4 is 0 Å². The van der Waals surface area contributed by atoms with Gasteiger partial charge in [0.1, 0.15) is 0 Å². The third-order valence-corrected chi connectivity index (χ3v) is 4.70. The maximum Gasteiger partial charge on any atom is 0.202 e. The van der Waals surface area contributed by atoms with E-state index < -0.39 is 7.37 Å². The van der Waals surface area contributed by atoms with Crippen molar-refractivity contribution in [2.24, 2.45) is 0 Å². The lowest BCUT2D eigenvalue weighted by Gasteiger charge is -2.14. The minimum Gasteiger partial charge on any atom is -0.332 e. The fourth-order valence-electron chi connectivity index (χ4n) is 1.09. The van der Waals surface area contributed by atoms with Gasteiger partial charge in [0.15, 0.2) is 0 Å². The SMILES string of the molecule is CCCCP(=O)(CCCC)OC. The van der Waals surface area contributed by atoms with Crippen LogP contribution in [0.4, 0.5) is 0 Å². The fraction of sp³-hybridized carbons (Fsp3) is 1.00. The van der Waals surface area contributed by atoms with E-state index in [1.807, 2.05) is 0 Å². The third kappa shape index (κ3) is 4.95. The molecule has 0 N–H and O–H groups in total. The number of unbranched alkanes of at least 4 members (excludes halogenated alkanes) is 2. The average molecular weight is 192 g/mol. The Labute approximate surface area is 76.1 Å². The quantitative estimate of drug-likeness (QED) is 0.577. The second-order valence-electron chi connectivity index (χ2n) is 3.15. The summed E-state index contributed by atoms with van der Waals surface area (Å²) < 4.78 is 17.0. The van der Waals surface area contributed by atoms with Crippen LogP contribution >= 0.6 is 7.37 Å². The second-order valence-corrected chi connectivity index (χ2v) is 6.04. The summed E-state index contributed by atoms with van der Waals surface area (Å²) in [6, 6.07) is 0. The summed E-state index contributed by atoms with van der Waals surface area (Å²) in [5, 5.41) is 0. The molecule has 0 aliphatic carbocycles. The molecule has 0 saturated heterocycles. The zero-order chi connectivity index (χ0) is 9.45. The van der Waals surface area contributed by atoms with E-state index in [1.54, 1.807) is 7.11 Å². The molecular weight excluding hydrogens is 171 g/mol. The molecule has 0 rings (SSSR count). The molecule has 0 amide bonds. The highest BCUT2D eigenvalue weighted by Gasteiger charge is 2.19. The molecule has 0 unspecified atom stereocenters. The molecule has 0 atom stereocenters. The highest BCUT2D eigenvalue weighted by atomic mass is 31.2. The van der Waals surface area contributed by atoms with Crippen LogP contribution in [-0.2, 0) is 9.09 Å². The molecule has 74 valence electrons. The van der Waals surface area contributed by atoms with Crippen molar-refractivity contribution in [3.63, 3.8) is 0 Å². The summed E-state index contributed by atoms with van der Waals surface area (Å²) >= 11 is 0. The summed E-state index contributed by atoms with van der Waals surface area (Å²) in [5.74, 6) is 0. The van der Waals surface area contributed by atoms with Crippen molar-refractivity contribution in [3.05, 3.63) is 0 Å². The van der Waals surface area contributed by atoms with Crippen LogP contribution in [0.25, 0.3) is 0 Å². The maximum absolute atomic E-state index is 11.9. The van der Waals surface area contributed by atoms with Gasteiger partial charge in [0.25, 0.3) is 0 Å². The molecule has 0 aromatic carbocycles. The monoisotopic (exact) mass is 192 g/mol. The van der Waals surface area contributed by atoms with Crippen LogP contribution in [-0.4, -0.2) is 19.4 Å². The van der Waals surface area contributed by atoms with Gasteiger partial charge in [0, 0.05) is 19.4 Å². The predicted molar refractivity (Wildman–Crippen MR) is 54.2 cm³/mol. The highest BCUT2D eigenvalue weighted by molar-refractivity contribution is 7.58. The minimum atomic E-state index is -2.23. The van der Waals surface area contributed by atoms with Crippen LogP contribution in [0.2, 0.25) is 0 Å². The van der Waals surface area contributed by atoms with Gasteiger partial charge in [-0.25, -0.2) is 0 Å². The molecule has 0 aromatic rings. The Balaban J connectivity index is 3.79. The summed E-state index contributed by atoms with van der Waals surface area (Å²) in [6.07, 6.45) is 5.77. The van der Waals surface area contributed by atoms with Crippen LogP contribution in [0, 0.1) is 0 Å². The van der Waals surface area contributed by atoms with Crippen molar-refractivity contribution >= 4 is 7.37 Å². The molecule has 0 spiro atoms. The Morgan fingerprint density at radius 3 is 1.75 bits per heavy atom. The van der Waals surface area contributed by atoms with Gasteiger partial charge >= 0.3 is 0 Å². The first-order valence-corrected chi connectivity index (χ1v) is 6.82. The number of hydrogen-bond donors (Lipinski definition) is 0. The van der Waals surface area contributed by atoms with E-state index in [0.717, 1.165) is 38.0 Å². The summed E-state index contributed by atoms with van der Waals surface area (Å²) in [4.78, 5) is 0. The smallest absolute Gasteiger partial charge is 0.202 e. The molecular formula is C9H21O2P. The van der Waals surface area contributed by atoms with Crippen LogP contribution in [0.3, 0.4) is 0 Å². The molecule has 0 saturated carbocycles. The van der Waals surface area contributed by atoms with Crippen molar-refractivity contribution < 1.29 is 9.09 Å². The van der Waals surface area contributed by atoms with Crippen LogP contribution in [0.5, 0.6) is 0 Å². The molecule has 0 bridgehead atoms. The van der Waals surface area contributed by atoms with E-state index in [9.17, 15) is 4.57 Å². The molecule has 0 fully saturated rings. The Hall–Kier alpha value is 0.190. The molecule has 0 aliphatic heterocycles. The highest BCUT2D eigenvalue weighted by Crippen LogP contribution is 2.47. The van der Waals surface area contributed by atoms with Gasteiger partial charge in [-0.2, -0.15) is 0 Å². The lowest BCUT2D eigenvalue weighted by molar-refractivity contribution is 0.390. The molecule has 2 nitrogen and oxygen atoms in total. The van der Waals surface area contributed by atoms with Crippen molar-refractivity contribution in [2.75, 3.05) is 19.4 Å². The average Bonchev–Trinajstić information content (AvgIpc) is 2.11. The van der Waals surface area contributed by atoms with Gasteiger partial charge in [0.2, 0.25) is 7.37 Å². The summed E-state index contributed by atoms with van der Waals surface area (Å²) in [7, 11) is -0.658. The van der Waals surface area contributed by atoms with Crippen molar-refractivity contribution in [2.45, 2.75) is 39.5 Å². The van der Waals surface area contributed by atoms with E-state index in [4.69, 9.17) is 4.52 Å². The number of rotatable bonds is 7. The molecule has 0 aliphatic rings. The van der Waals surface area contributed by atoms with Gasteiger partial charge in [-0.3, -0.25) is 4.57 Å². The van der Waals surface area contributed by atoms with E-state index in [0.29, 0.717) is 0 Å². The third-order valence-electron chi connectivity index (χ3n) is 2.04. The molecule has 12 heavy (non-hydrogen) atoms. The Bertz CT molecular complexity index is 133. The van der Waals surface area contributed by atoms with E-state index in [1.165, 1.54) is 0 Å². The summed E-state index contributed by atoms with van der Waals surface area (Å²) in [5.41, 5.74) is 0. The normalized spacial score (nSPS) is 11.9. The first-order chi connectivity index (χ1) is 5.68. The standard InChI is InChI=1S/C9H21O2P/c1-4-6-8-12(10,11-3)9-7-5-2/h4-9H2,1-3H3. The van der Waals surface area contributed by atoms with E-state index in [-0.39, 0.29) is 0 Å². The first-order valence-electron chi connectivity index (χ1n) is 4.82. The van der Waals surface area contributed by atoms with Crippen molar-refractivity contribution in [1.82, 2.24) is 0 Å². The Morgan fingerprint density at radius 2 is 1.50 bits per heavy atom. The largest absolute Gasteiger partial charge is 0.332 e. The maximum atomic E-state index is 11.9. The summed E-state index contributed by atoms with van der Waals surface area (Å²) in [6.45, 7) is 4.22. The van der Waals surface area contributed by atoms with Gasteiger partial charge in [-0.15, -0.1) is 0 Å². The van der Waals surface area contributed by atoms with Crippen LogP contribution in [0.1, 0.15) is 39.5 Å². The van der Waals surface area contributed by atoms with Crippen molar-refractivity contribution in [3.8, 4) is 0 Å². The fourth-order valence-corrected chi connectivity index (χ4v) is 3.28. The van der Waals surface area contributed by atoms with Gasteiger partial charge in [-0.05, 0) is 12.8 Å². The Kier molecular flexibility index (Phi) is 6.78. The van der Waals surface area contributed by atoms with Gasteiger partial charge in [-0.1, -0.05) is 26.7 Å². The van der Waals surface area contributed by atoms with Crippen molar-refractivity contribution in [1.29, 1.82) is 0 Å². The lowest BCUT2D eigenvalue weighted by Crippen LogP contribution is -1.97. The van der Waals surface area contributed by atoms with Crippen LogP contribution in [0.15, 0.2) is 0 Å². The number of hydrogen-bond acceptors (Lipinski definition) is 2. The first kappa shape index (κ1) is 12.2. The predicted octanol–water partition coefficient (Wildman–Crippen LogP) is 3.51. The molecule has 0 aromatic heterocycles. The molecule has 0 radical (unpaired) electrons.